The molecular formula is C16H23NO3. The van der Waals surface area contributed by atoms with E-state index in [4.69, 9.17) is 9.47 Å². The van der Waals surface area contributed by atoms with Crippen LogP contribution in [0.2, 0.25) is 0 Å². The Bertz CT molecular complexity index is 439. The predicted molar refractivity (Wildman–Crippen MR) is 77.0 cm³/mol. The van der Waals surface area contributed by atoms with E-state index in [1.54, 1.807) is 0 Å². The normalized spacial score (nSPS) is 22.8. The number of ether oxygens (including phenoxy) is 2. The standard InChI is InChI=1S/C16H23NO3/c1-16(2,3)15(18)20-14-9-13(10-17-14)19-11-12-7-5-4-6-8-12/h4-8,13-14,17H,9-11H2,1-3H3/t13-,14?/m0/s1. The van der Waals surface area contributed by atoms with E-state index in [0.29, 0.717) is 13.0 Å². The van der Waals surface area contributed by atoms with Gasteiger partial charge in [0.1, 0.15) is 0 Å². The molecule has 2 atom stereocenters. The molecule has 1 aliphatic rings. The SMILES string of the molecule is CC(C)(C)C(=O)OC1C[C@H](OCc2ccccc2)CN1. The highest BCUT2D eigenvalue weighted by Gasteiger charge is 2.31. The Morgan fingerprint density at radius 3 is 2.65 bits per heavy atom. The first-order chi connectivity index (χ1) is 9.45. The number of hydrogen-bond donors (Lipinski definition) is 1. The fourth-order valence-corrected chi connectivity index (χ4v) is 1.98. The van der Waals surface area contributed by atoms with Crippen LogP contribution in [0.15, 0.2) is 30.3 Å². The van der Waals surface area contributed by atoms with Crippen LogP contribution in [-0.4, -0.2) is 24.8 Å². The summed E-state index contributed by atoms with van der Waals surface area (Å²) in [6, 6.07) is 10.1. The first-order valence-electron chi connectivity index (χ1n) is 7.05. The molecule has 0 aliphatic carbocycles. The van der Waals surface area contributed by atoms with Crippen LogP contribution in [0.3, 0.4) is 0 Å². The molecule has 1 saturated heterocycles. The molecule has 0 amide bonds. The third kappa shape index (κ3) is 4.32. The molecule has 0 saturated carbocycles. The van der Waals surface area contributed by atoms with Gasteiger partial charge in [-0.2, -0.15) is 0 Å². The van der Waals surface area contributed by atoms with Crippen molar-refractivity contribution in [1.29, 1.82) is 0 Å². The zero-order valence-corrected chi connectivity index (χ0v) is 12.4. The summed E-state index contributed by atoms with van der Waals surface area (Å²) < 4.78 is 11.3. The van der Waals surface area contributed by atoms with Gasteiger partial charge < -0.3 is 9.47 Å². The average Bonchev–Trinajstić information content (AvgIpc) is 2.84. The molecule has 4 nitrogen and oxygen atoms in total. The molecular weight excluding hydrogens is 254 g/mol. The molecule has 0 aromatic heterocycles. The van der Waals surface area contributed by atoms with Crippen LogP contribution in [0.25, 0.3) is 0 Å². The second-order valence-electron chi connectivity index (χ2n) is 6.21. The first kappa shape index (κ1) is 15.0. The van der Waals surface area contributed by atoms with Gasteiger partial charge in [-0.25, -0.2) is 0 Å². The molecule has 1 aromatic carbocycles. The number of carbonyl (C=O) groups excluding carboxylic acids is 1. The fourth-order valence-electron chi connectivity index (χ4n) is 1.98. The van der Waals surface area contributed by atoms with Gasteiger partial charge in [0.25, 0.3) is 0 Å². The second-order valence-corrected chi connectivity index (χ2v) is 6.21. The molecule has 0 radical (unpaired) electrons. The van der Waals surface area contributed by atoms with E-state index in [-0.39, 0.29) is 18.3 Å². The van der Waals surface area contributed by atoms with E-state index in [2.05, 4.69) is 5.32 Å². The summed E-state index contributed by atoms with van der Waals surface area (Å²) in [5.74, 6) is -0.182. The average molecular weight is 277 g/mol. The van der Waals surface area contributed by atoms with Crippen LogP contribution < -0.4 is 5.32 Å². The Hall–Kier alpha value is -1.39. The van der Waals surface area contributed by atoms with Gasteiger partial charge in [0.05, 0.1) is 18.1 Å². The highest BCUT2D eigenvalue weighted by Crippen LogP contribution is 2.20. The molecule has 1 aromatic rings. The highest BCUT2D eigenvalue weighted by atomic mass is 16.6. The summed E-state index contributed by atoms with van der Waals surface area (Å²) in [6.07, 6.45) is 0.560. The maximum atomic E-state index is 11.8. The summed E-state index contributed by atoms with van der Waals surface area (Å²) >= 11 is 0. The zero-order chi connectivity index (χ0) is 14.6. The van der Waals surface area contributed by atoms with Crippen molar-refractivity contribution >= 4 is 5.97 Å². The van der Waals surface area contributed by atoms with Gasteiger partial charge in [0.15, 0.2) is 6.23 Å². The summed E-state index contributed by atoms with van der Waals surface area (Å²) in [6.45, 7) is 6.87. The summed E-state index contributed by atoms with van der Waals surface area (Å²) in [5.41, 5.74) is 0.688. The van der Waals surface area contributed by atoms with E-state index in [1.807, 2.05) is 51.1 Å². The molecule has 0 bridgehead atoms. The topological polar surface area (TPSA) is 47.6 Å². The van der Waals surface area contributed by atoms with Gasteiger partial charge in [-0.05, 0) is 26.3 Å². The van der Waals surface area contributed by atoms with Crippen molar-refractivity contribution in [3.05, 3.63) is 35.9 Å². The van der Waals surface area contributed by atoms with Crippen LogP contribution in [-0.2, 0) is 20.9 Å². The maximum Gasteiger partial charge on any atom is 0.312 e. The van der Waals surface area contributed by atoms with E-state index in [0.717, 1.165) is 12.1 Å². The summed E-state index contributed by atoms with van der Waals surface area (Å²) in [5, 5.41) is 3.18. The van der Waals surface area contributed by atoms with Crippen LogP contribution in [0, 0.1) is 5.41 Å². The smallest absolute Gasteiger partial charge is 0.312 e. The van der Waals surface area contributed by atoms with Crippen molar-refractivity contribution in [1.82, 2.24) is 5.32 Å². The van der Waals surface area contributed by atoms with Crippen LogP contribution >= 0.6 is 0 Å². The van der Waals surface area contributed by atoms with Gasteiger partial charge >= 0.3 is 5.97 Å². The van der Waals surface area contributed by atoms with E-state index in [1.165, 1.54) is 0 Å². The maximum absolute atomic E-state index is 11.8. The Kier molecular flexibility index (Phi) is 4.78. The number of rotatable bonds is 4. The third-order valence-electron chi connectivity index (χ3n) is 3.24. The minimum Gasteiger partial charge on any atom is -0.446 e. The molecule has 1 fully saturated rings. The lowest BCUT2D eigenvalue weighted by Gasteiger charge is -2.20. The monoisotopic (exact) mass is 277 g/mol. The molecule has 2 rings (SSSR count). The van der Waals surface area contributed by atoms with Crippen molar-refractivity contribution in [2.75, 3.05) is 6.54 Å². The number of carbonyl (C=O) groups is 1. The van der Waals surface area contributed by atoms with Gasteiger partial charge in [-0.15, -0.1) is 0 Å². The van der Waals surface area contributed by atoms with Crippen molar-refractivity contribution in [3.8, 4) is 0 Å². The van der Waals surface area contributed by atoms with Crippen LogP contribution in [0.4, 0.5) is 0 Å². The predicted octanol–water partition coefficient (Wildman–Crippen LogP) is 2.48. The Labute approximate surface area is 120 Å². The highest BCUT2D eigenvalue weighted by molar-refractivity contribution is 5.75. The number of hydrogen-bond acceptors (Lipinski definition) is 4. The Morgan fingerprint density at radius 2 is 2.00 bits per heavy atom. The number of nitrogens with one attached hydrogen (secondary N) is 1. The van der Waals surface area contributed by atoms with Gasteiger partial charge in [-0.3, -0.25) is 10.1 Å². The van der Waals surface area contributed by atoms with E-state index < -0.39 is 5.41 Å². The zero-order valence-electron chi connectivity index (χ0n) is 12.4. The minimum atomic E-state index is -0.468. The largest absolute Gasteiger partial charge is 0.446 e. The quantitative estimate of drug-likeness (QED) is 0.859. The molecule has 1 unspecified atom stereocenters. The van der Waals surface area contributed by atoms with Crippen LogP contribution in [0.1, 0.15) is 32.8 Å². The van der Waals surface area contributed by atoms with Crippen molar-refractivity contribution < 1.29 is 14.3 Å². The summed E-state index contributed by atoms with van der Waals surface area (Å²) in [4.78, 5) is 11.8. The van der Waals surface area contributed by atoms with Crippen molar-refractivity contribution in [2.45, 2.75) is 46.1 Å². The molecule has 1 N–H and O–H groups in total. The van der Waals surface area contributed by atoms with Gasteiger partial charge in [0.2, 0.25) is 0 Å². The van der Waals surface area contributed by atoms with Gasteiger partial charge in [-0.1, -0.05) is 30.3 Å². The third-order valence-corrected chi connectivity index (χ3v) is 3.24. The number of esters is 1. The fraction of sp³-hybridized carbons (Fsp3) is 0.562. The summed E-state index contributed by atoms with van der Waals surface area (Å²) in [7, 11) is 0. The molecule has 1 aliphatic heterocycles. The molecule has 4 heteroatoms. The van der Waals surface area contributed by atoms with E-state index >= 15 is 0 Å². The Balaban J connectivity index is 1.74. The lowest BCUT2D eigenvalue weighted by atomic mass is 9.97. The molecule has 0 spiro atoms. The van der Waals surface area contributed by atoms with E-state index in [9.17, 15) is 4.79 Å². The molecule has 110 valence electrons. The lowest BCUT2D eigenvalue weighted by Crippen LogP contribution is -2.33. The molecule has 1 heterocycles. The van der Waals surface area contributed by atoms with Crippen molar-refractivity contribution in [3.63, 3.8) is 0 Å². The number of benzene rings is 1. The Morgan fingerprint density at radius 1 is 1.30 bits per heavy atom. The minimum absolute atomic E-state index is 0.0907. The first-order valence-corrected chi connectivity index (χ1v) is 7.05. The van der Waals surface area contributed by atoms with Crippen molar-refractivity contribution in [2.24, 2.45) is 5.41 Å². The molecule has 20 heavy (non-hydrogen) atoms. The van der Waals surface area contributed by atoms with Crippen LogP contribution in [0.5, 0.6) is 0 Å². The second kappa shape index (κ2) is 6.37. The van der Waals surface area contributed by atoms with Gasteiger partial charge in [0, 0.05) is 13.0 Å². The lowest BCUT2D eigenvalue weighted by molar-refractivity contribution is -0.159.